The highest BCUT2D eigenvalue weighted by Gasteiger charge is 2.37. The van der Waals surface area contributed by atoms with Gasteiger partial charge < -0.3 is 39.8 Å². The average Bonchev–Trinajstić information content (AvgIpc) is 1.74. The van der Waals surface area contributed by atoms with Gasteiger partial charge in [-0.15, -0.1) is 0 Å². The highest BCUT2D eigenvalue weighted by molar-refractivity contribution is 6.33. The van der Waals surface area contributed by atoms with Crippen LogP contribution in [-0.4, -0.2) is 108 Å². The fraction of sp³-hybridized carbons (Fsp3) is 0.209. The Morgan fingerprint density at radius 3 is 1.73 bits per heavy atom. The highest BCUT2D eigenvalue weighted by Crippen LogP contribution is 2.40. The Balaban J connectivity index is 0.000000138. The van der Waals surface area contributed by atoms with E-state index in [1.807, 2.05) is 281 Å². The number of aromatic amines is 1. The van der Waals surface area contributed by atoms with Crippen LogP contribution < -0.4 is 31.2 Å². The van der Waals surface area contributed by atoms with Crippen molar-refractivity contribution in [2.24, 2.45) is 0 Å². The first-order valence-electron chi connectivity index (χ1n) is 46.3. The first-order chi connectivity index (χ1) is 65.9. The van der Waals surface area contributed by atoms with Crippen molar-refractivity contribution in [3.63, 3.8) is 0 Å². The largest absolute Gasteiger partial charge is 0.497 e. The number of hydrogen-bond acceptors (Lipinski definition) is 11. The standard InChI is InChI=1S/C34H32ClN3O3.C28H26N2O2.C28H22N2O.C25H31N3O3/c1-3-31(37(23-22-24-12-6-5-7-13-24)33(39)27-14-8-10-16-29(27)35)32-36-30-17-11-9-15-28(30)34(40)38(32)25-18-20-26(21-19-25)41-4-2;1-20(22-13-6-3-7-14-22)29-28(32)26(19-21-11-4-2-5-12-21)30-27(31)25-18-10-16-23-15-8-9-17-24(23)25;31-28(22-15-14-19-8-4-5-11-21(19)18-22)30-17-16-24-23-12-6-7-13-25(23)29-26(24)27(30)20-9-2-1-3-10-20;1-5-7-10-17-28(24(29)19-13-15-20(31-4)16-14-19)18(3)23-26-22-12-9-8-11-21(22)25(30)27(23)6-2/h5-21,31H,3-4,22-23H2,1-2H3;2-18,20,26H,19H2,1H3,(H,29,32)(H,30,31);1-15,18,27,29H,16-17H2;8-9,11-16,18H,5-7,10,17H2,1-4H3. The summed E-state index contributed by atoms with van der Waals surface area (Å²) in [4.78, 5) is 114. The number of ether oxygens (including phenoxy) is 2. The summed E-state index contributed by atoms with van der Waals surface area (Å²) >= 11 is 6.52. The van der Waals surface area contributed by atoms with Crippen molar-refractivity contribution in [1.29, 1.82) is 0 Å². The summed E-state index contributed by atoms with van der Waals surface area (Å²) in [7, 11) is 1.60. The number of methoxy groups -OCH3 is 1. The number of unbranched alkanes of at least 4 members (excludes halogenated alkanes) is 2. The van der Waals surface area contributed by atoms with Crippen LogP contribution in [0.4, 0.5) is 0 Å². The Labute approximate surface area is 792 Å². The second-order valence-electron chi connectivity index (χ2n) is 33.4. The number of aromatic nitrogens is 5. The summed E-state index contributed by atoms with van der Waals surface area (Å²) in [5, 5.41) is 12.9. The third kappa shape index (κ3) is 22.2. The normalized spacial score (nSPS) is 13.0. The topological polar surface area (TPSA) is 223 Å². The van der Waals surface area contributed by atoms with Gasteiger partial charge in [-0.2, -0.15) is 0 Å². The molecule has 0 bridgehead atoms. The molecule has 4 heterocycles. The van der Waals surface area contributed by atoms with E-state index >= 15 is 0 Å². The van der Waals surface area contributed by atoms with Crippen LogP contribution in [-0.2, 0) is 30.6 Å². The number of nitrogens with one attached hydrogen (secondary N) is 3. The number of amides is 5. The van der Waals surface area contributed by atoms with E-state index < -0.39 is 12.1 Å². The van der Waals surface area contributed by atoms with Crippen LogP contribution >= 0.6 is 11.6 Å². The molecule has 18 rings (SSSR count). The summed E-state index contributed by atoms with van der Waals surface area (Å²) in [5.41, 5.74) is 11.8. The molecule has 5 atom stereocenters. The number of carbonyl (C=O) groups excluding carboxylic acids is 5. The minimum absolute atomic E-state index is 0.0691. The Kier molecular flexibility index (Phi) is 31.6. The molecule has 0 fully saturated rings. The number of halogens is 1. The SMILES string of the molecule is CC(NC(=O)C(Cc1ccccc1)NC(=O)c1cccc2ccccc12)c1ccccc1.CCCCCN(C(=O)c1ccc(OC)cc1)C(C)c1nc2ccccc2c(=O)n1CC.CCOc1ccc(-n2c(C(CC)N(CCc3ccccc3)C(=O)c3ccccc3Cl)nc3ccccc3c2=O)cc1.O=C(c1ccc2ccccc2c1)N1CCc2c([nH]c3ccccc23)C1c1ccccc1. The van der Waals surface area contributed by atoms with E-state index in [-0.39, 0.29) is 58.8 Å². The molecule has 5 amide bonds. The Morgan fingerprint density at radius 1 is 0.511 bits per heavy atom. The lowest BCUT2D eigenvalue weighted by atomic mass is 9.91. The van der Waals surface area contributed by atoms with Crippen LogP contribution in [0.1, 0.15) is 178 Å². The number of carbonyl (C=O) groups is 5. The molecule has 17 aromatic rings. The van der Waals surface area contributed by atoms with Gasteiger partial charge in [-0.1, -0.05) is 281 Å². The van der Waals surface area contributed by atoms with Crippen LogP contribution in [0.3, 0.4) is 0 Å². The lowest BCUT2D eigenvalue weighted by Crippen LogP contribution is -2.48. The molecule has 135 heavy (non-hydrogen) atoms. The molecule has 5 unspecified atom stereocenters. The molecular formula is C115H111ClN10O9. The summed E-state index contributed by atoms with van der Waals surface area (Å²) < 4.78 is 14.2. The molecule has 682 valence electrons. The van der Waals surface area contributed by atoms with Gasteiger partial charge in [0.1, 0.15) is 29.2 Å². The van der Waals surface area contributed by atoms with Crippen molar-refractivity contribution in [2.75, 3.05) is 33.4 Å². The molecule has 0 saturated heterocycles. The summed E-state index contributed by atoms with van der Waals surface area (Å²) in [5.74, 6) is 1.85. The summed E-state index contributed by atoms with van der Waals surface area (Å²) in [6.45, 7) is 14.6. The fourth-order valence-corrected chi connectivity index (χ4v) is 18.0. The van der Waals surface area contributed by atoms with Crippen molar-refractivity contribution in [3.8, 4) is 17.2 Å². The number of rotatable bonds is 28. The maximum Gasteiger partial charge on any atom is 0.266 e. The highest BCUT2D eigenvalue weighted by atomic mass is 35.5. The Morgan fingerprint density at radius 2 is 1.07 bits per heavy atom. The Bertz CT molecular complexity index is 7090. The van der Waals surface area contributed by atoms with Crippen LogP contribution in [0.5, 0.6) is 11.5 Å². The van der Waals surface area contributed by atoms with E-state index in [2.05, 4.69) is 71.1 Å². The maximum atomic E-state index is 14.2. The van der Waals surface area contributed by atoms with Crippen LogP contribution in [0.2, 0.25) is 5.02 Å². The first kappa shape index (κ1) is 94.3. The van der Waals surface area contributed by atoms with Gasteiger partial charge in [-0.25, -0.2) is 9.97 Å². The third-order valence-electron chi connectivity index (χ3n) is 24.8. The smallest absolute Gasteiger partial charge is 0.266 e. The lowest BCUT2D eigenvalue weighted by molar-refractivity contribution is -0.123. The van der Waals surface area contributed by atoms with Gasteiger partial charge in [0.15, 0.2) is 0 Å². The molecule has 0 radical (unpaired) electrons. The molecule has 20 heteroatoms. The molecule has 3 N–H and O–H groups in total. The summed E-state index contributed by atoms with van der Waals surface area (Å²) in [6, 6.07) is 110. The van der Waals surface area contributed by atoms with Gasteiger partial charge in [0.25, 0.3) is 34.7 Å². The van der Waals surface area contributed by atoms with Gasteiger partial charge in [-0.3, -0.25) is 42.7 Å². The van der Waals surface area contributed by atoms with E-state index in [1.54, 1.807) is 87.9 Å². The molecule has 19 nitrogen and oxygen atoms in total. The van der Waals surface area contributed by atoms with Crippen LogP contribution in [0, 0.1) is 0 Å². The number of hydrogen-bond donors (Lipinski definition) is 3. The molecule has 1 aliphatic heterocycles. The molecule has 14 aromatic carbocycles. The molecule has 3 aromatic heterocycles. The van der Waals surface area contributed by atoms with Crippen LogP contribution in [0.25, 0.3) is 59.9 Å². The molecular weight excluding hydrogens is 1700 g/mol. The predicted octanol–water partition coefficient (Wildman–Crippen LogP) is 23.3. The molecule has 0 saturated carbocycles. The Hall–Kier alpha value is -15.3. The minimum Gasteiger partial charge on any atom is -0.497 e. The predicted molar refractivity (Wildman–Crippen MR) is 541 cm³/mol. The molecule has 0 aliphatic carbocycles. The van der Waals surface area contributed by atoms with Crippen molar-refractivity contribution in [2.45, 2.75) is 123 Å². The lowest BCUT2D eigenvalue weighted by Gasteiger charge is -2.36. The number of para-hydroxylation sites is 3. The zero-order valence-electron chi connectivity index (χ0n) is 77.0. The fourth-order valence-electron chi connectivity index (χ4n) is 17.7. The number of benzene rings is 14. The van der Waals surface area contributed by atoms with Crippen molar-refractivity contribution in [3.05, 3.63) is 445 Å². The van der Waals surface area contributed by atoms with Crippen molar-refractivity contribution < 1.29 is 33.4 Å². The van der Waals surface area contributed by atoms with Crippen molar-refractivity contribution in [1.82, 2.24) is 49.4 Å². The van der Waals surface area contributed by atoms with Gasteiger partial charge in [0, 0.05) is 65.9 Å². The monoisotopic (exact) mass is 1810 g/mol. The van der Waals surface area contributed by atoms with E-state index in [0.717, 1.165) is 86.3 Å². The van der Waals surface area contributed by atoms with E-state index in [0.29, 0.717) is 124 Å². The number of fused-ring (bicyclic) bond motifs is 7. The quantitative estimate of drug-likeness (QED) is 0.0391. The molecule has 0 spiro atoms. The zero-order chi connectivity index (χ0) is 94.3. The maximum absolute atomic E-state index is 14.2. The zero-order valence-corrected chi connectivity index (χ0v) is 77.8. The van der Waals surface area contributed by atoms with Crippen LogP contribution in [0.15, 0.2) is 361 Å². The second-order valence-corrected chi connectivity index (χ2v) is 33.8. The van der Waals surface area contributed by atoms with E-state index in [1.165, 1.54) is 10.9 Å². The minimum atomic E-state index is -0.699. The average molecular weight is 1810 g/mol. The van der Waals surface area contributed by atoms with Gasteiger partial charge in [0.05, 0.1) is 76.0 Å². The summed E-state index contributed by atoms with van der Waals surface area (Å²) in [6.07, 6.45) is 5.41. The first-order valence-corrected chi connectivity index (χ1v) is 46.7. The van der Waals surface area contributed by atoms with Gasteiger partial charge >= 0.3 is 0 Å². The van der Waals surface area contributed by atoms with Gasteiger partial charge in [0.2, 0.25) is 5.91 Å². The van der Waals surface area contributed by atoms with E-state index in [9.17, 15) is 33.6 Å². The van der Waals surface area contributed by atoms with Gasteiger partial charge in [-0.05, 0) is 212 Å². The third-order valence-corrected chi connectivity index (χ3v) is 25.1. The van der Waals surface area contributed by atoms with E-state index in [4.69, 9.17) is 31.0 Å². The second kappa shape index (κ2) is 45.2. The molecule has 1 aliphatic rings. The number of H-pyrrole nitrogens is 1. The van der Waals surface area contributed by atoms with Crippen molar-refractivity contribution >= 4 is 95.4 Å². The number of nitrogens with zero attached hydrogens (tertiary/aromatic N) is 7.